The molecule has 1 aromatic carbocycles. The van der Waals surface area contributed by atoms with E-state index in [1.165, 1.54) is 37.9 Å². The summed E-state index contributed by atoms with van der Waals surface area (Å²) in [5.41, 5.74) is -1.59. The van der Waals surface area contributed by atoms with Gasteiger partial charge in [-0.1, -0.05) is 11.6 Å². The van der Waals surface area contributed by atoms with Gasteiger partial charge in [-0.05, 0) is 45.4 Å². The maximum Gasteiger partial charge on any atom is 0.425 e. The molecule has 0 radical (unpaired) electrons. The summed E-state index contributed by atoms with van der Waals surface area (Å²) in [5.74, 6) is -2.28. The molecule has 2 N–H and O–H groups in total. The van der Waals surface area contributed by atoms with E-state index >= 15 is 4.39 Å². The molecule has 2 heterocycles. The zero-order valence-electron chi connectivity index (χ0n) is 20.8. The highest BCUT2D eigenvalue weighted by Crippen LogP contribution is 2.36. The summed E-state index contributed by atoms with van der Waals surface area (Å²) in [5, 5.41) is 12.7. The first-order valence-electron chi connectivity index (χ1n) is 10.9. The number of carbonyl (C=O) groups excluding carboxylic acids is 1. The number of nitrogens with one attached hydrogen (secondary N) is 1. The molecule has 1 atom stereocenters. The number of aliphatic hydroxyl groups is 1. The highest BCUT2D eigenvalue weighted by Gasteiger charge is 2.39. The van der Waals surface area contributed by atoms with Gasteiger partial charge >= 0.3 is 6.18 Å². The minimum atomic E-state index is -4.76. The summed E-state index contributed by atoms with van der Waals surface area (Å²) in [6, 6.07) is 1.72. The van der Waals surface area contributed by atoms with E-state index in [1.54, 1.807) is 14.0 Å². The number of rotatable bonds is 7. The van der Waals surface area contributed by atoms with Gasteiger partial charge in [-0.3, -0.25) is 4.79 Å². The third kappa shape index (κ3) is 5.96. The van der Waals surface area contributed by atoms with Gasteiger partial charge in [-0.15, -0.1) is 0 Å². The number of aromatic nitrogens is 3. The Balaban J connectivity index is 2.13. The molecule has 13 heteroatoms. The molecule has 3 aromatic rings. The first kappa shape index (κ1) is 28.2. The summed E-state index contributed by atoms with van der Waals surface area (Å²) in [6.07, 6.45) is -4.32. The largest absolute Gasteiger partial charge is 0.480 e. The molecule has 0 aliphatic rings. The van der Waals surface area contributed by atoms with Crippen LogP contribution in [0.1, 0.15) is 42.5 Å². The van der Waals surface area contributed by atoms with Gasteiger partial charge in [0.1, 0.15) is 28.0 Å². The van der Waals surface area contributed by atoms with E-state index in [9.17, 15) is 23.1 Å². The van der Waals surface area contributed by atoms with Crippen molar-refractivity contribution in [1.82, 2.24) is 14.5 Å². The van der Waals surface area contributed by atoms with Crippen molar-refractivity contribution in [3.63, 3.8) is 0 Å². The number of pyridine rings is 1. The number of benzene rings is 1. The van der Waals surface area contributed by atoms with Crippen molar-refractivity contribution in [2.75, 3.05) is 12.4 Å². The van der Waals surface area contributed by atoms with Crippen molar-refractivity contribution in [1.29, 1.82) is 0 Å². The number of aryl methyl sites for hydroxylation is 2. The van der Waals surface area contributed by atoms with E-state index < -0.39 is 40.9 Å². The van der Waals surface area contributed by atoms with Gasteiger partial charge in [-0.25, -0.2) is 14.4 Å². The van der Waals surface area contributed by atoms with Gasteiger partial charge in [0, 0.05) is 25.0 Å². The average Bonchev–Trinajstić information content (AvgIpc) is 3.18. The smallest absolute Gasteiger partial charge is 0.425 e. The fraction of sp³-hybridized carbons (Fsp3) is 0.375. The minimum absolute atomic E-state index is 0.00373. The van der Waals surface area contributed by atoms with Gasteiger partial charge in [0.2, 0.25) is 5.88 Å². The van der Waals surface area contributed by atoms with E-state index in [0.717, 1.165) is 19.1 Å². The molecular weight excluding hydrogens is 520 g/mol. The number of carbonyl (C=O) groups is 1. The van der Waals surface area contributed by atoms with Gasteiger partial charge < -0.3 is 24.5 Å². The quantitative estimate of drug-likeness (QED) is 0.386. The van der Waals surface area contributed by atoms with Crippen molar-refractivity contribution < 1.29 is 36.9 Å². The molecule has 37 heavy (non-hydrogen) atoms. The Morgan fingerprint density at radius 2 is 1.92 bits per heavy atom. The number of amides is 1. The molecule has 1 amide bonds. The standard InChI is InChI=1S/C24H25ClF4N4O4/c1-11-9-30-21(36-6)18(25)19(11)32-20(34)14-7-15(26)13(8-17(14)37-12(2)24(27,28)29)16-10-33(5)22(31-16)23(3,4)35/h7-10,12,35H,1-6H3,(H,30,32,34). The van der Waals surface area contributed by atoms with Gasteiger partial charge in [0.25, 0.3) is 5.91 Å². The third-order valence-electron chi connectivity index (χ3n) is 5.39. The second-order valence-corrected chi connectivity index (χ2v) is 9.22. The van der Waals surface area contributed by atoms with Crippen molar-refractivity contribution in [3.05, 3.63) is 52.3 Å². The van der Waals surface area contributed by atoms with Crippen LogP contribution in [0.2, 0.25) is 5.02 Å². The van der Waals surface area contributed by atoms with Crippen molar-refractivity contribution >= 4 is 23.2 Å². The van der Waals surface area contributed by atoms with E-state index in [2.05, 4.69) is 15.3 Å². The fourth-order valence-electron chi connectivity index (χ4n) is 3.48. The van der Waals surface area contributed by atoms with E-state index in [4.69, 9.17) is 21.1 Å². The van der Waals surface area contributed by atoms with Crippen LogP contribution in [0.15, 0.2) is 24.5 Å². The molecule has 8 nitrogen and oxygen atoms in total. The lowest BCUT2D eigenvalue weighted by atomic mass is 10.1. The third-order valence-corrected chi connectivity index (χ3v) is 5.74. The van der Waals surface area contributed by atoms with Gasteiger partial charge in [0.15, 0.2) is 6.10 Å². The van der Waals surface area contributed by atoms with Crippen LogP contribution in [-0.4, -0.2) is 44.9 Å². The molecule has 200 valence electrons. The summed E-state index contributed by atoms with van der Waals surface area (Å²) in [7, 11) is 2.89. The fourth-order valence-corrected chi connectivity index (χ4v) is 3.80. The van der Waals surface area contributed by atoms with Crippen LogP contribution in [0.3, 0.4) is 0 Å². The zero-order valence-corrected chi connectivity index (χ0v) is 21.5. The van der Waals surface area contributed by atoms with E-state index in [-0.39, 0.29) is 33.7 Å². The second kappa shape index (κ2) is 10.2. The molecule has 0 fully saturated rings. The molecule has 0 saturated heterocycles. The summed E-state index contributed by atoms with van der Waals surface area (Å²) < 4.78 is 66.8. The highest BCUT2D eigenvalue weighted by molar-refractivity contribution is 6.35. The Morgan fingerprint density at radius 3 is 2.46 bits per heavy atom. The maximum atomic E-state index is 15.3. The number of nitrogens with zero attached hydrogens (tertiary/aromatic N) is 3. The Labute approximate surface area is 215 Å². The average molecular weight is 545 g/mol. The Morgan fingerprint density at radius 1 is 1.27 bits per heavy atom. The number of alkyl halides is 3. The Kier molecular flexibility index (Phi) is 7.75. The van der Waals surface area contributed by atoms with Crippen molar-refractivity contribution in [2.24, 2.45) is 7.05 Å². The van der Waals surface area contributed by atoms with E-state index in [0.29, 0.717) is 5.56 Å². The summed E-state index contributed by atoms with van der Waals surface area (Å²) >= 11 is 6.23. The second-order valence-electron chi connectivity index (χ2n) is 8.84. The number of hydrogen-bond acceptors (Lipinski definition) is 6. The van der Waals surface area contributed by atoms with Crippen LogP contribution in [0, 0.1) is 12.7 Å². The predicted molar refractivity (Wildman–Crippen MR) is 128 cm³/mol. The monoisotopic (exact) mass is 544 g/mol. The van der Waals surface area contributed by atoms with Crippen LogP contribution in [0.5, 0.6) is 11.6 Å². The van der Waals surface area contributed by atoms with E-state index in [1.807, 2.05) is 0 Å². The Hall–Kier alpha value is -3.38. The number of ether oxygens (including phenoxy) is 2. The Bertz CT molecular complexity index is 1340. The summed E-state index contributed by atoms with van der Waals surface area (Å²) in [6.45, 7) is 5.29. The molecule has 0 aliphatic heterocycles. The van der Waals surface area contributed by atoms with Crippen molar-refractivity contribution in [2.45, 2.75) is 45.6 Å². The number of methoxy groups -OCH3 is 1. The normalized spacial score (nSPS) is 12.9. The first-order valence-corrected chi connectivity index (χ1v) is 11.3. The molecule has 1 unspecified atom stereocenters. The first-order chi connectivity index (χ1) is 17.0. The molecule has 0 bridgehead atoms. The predicted octanol–water partition coefficient (Wildman–Crippen LogP) is 5.40. The van der Waals surface area contributed by atoms with Crippen LogP contribution in [0.25, 0.3) is 11.3 Å². The molecule has 3 rings (SSSR count). The molecule has 0 aliphatic carbocycles. The van der Waals surface area contributed by atoms with Gasteiger partial charge in [-0.2, -0.15) is 13.2 Å². The van der Waals surface area contributed by atoms with Crippen LogP contribution in [0.4, 0.5) is 23.2 Å². The molecular formula is C24H25ClF4N4O4. The SMILES string of the molecule is COc1ncc(C)c(NC(=O)c2cc(F)c(-c3cn(C)c(C(C)(C)O)n3)cc2OC(C)C(F)(F)F)c1Cl. The maximum absolute atomic E-state index is 15.3. The lowest BCUT2D eigenvalue weighted by Gasteiger charge is -2.21. The van der Waals surface area contributed by atoms with Crippen LogP contribution < -0.4 is 14.8 Å². The topological polar surface area (TPSA) is 98.5 Å². The molecule has 0 saturated carbocycles. The number of imidazole rings is 1. The summed E-state index contributed by atoms with van der Waals surface area (Å²) in [4.78, 5) is 21.3. The van der Waals surface area contributed by atoms with Crippen LogP contribution in [-0.2, 0) is 12.6 Å². The van der Waals surface area contributed by atoms with Gasteiger partial charge in [0.05, 0.1) is 24.1 Å². The minimum Gasteiger partial charge on any atom is -0.480 e. The number of anilines is 1. The zero-order chi connectivity index (χ0) is 27.9. The lowest BCUT2D eigenvalue weighted by molar-refractivity contribution is -0.189. The van der Waals surface area contributed by atoms with Crippen LogP contribution >= 0.6 is 11.6 Å². The molecule has 0 spiro atoms. The lowest BCUT2D eigenvalue weighted by Crippen LogP contribution is -2.32. The highest BCUT2D eigenvalue weighted by atomic mass is 35.5. The number of hydrogen-bond donors (Lipinski definition) is 2. The number of halogens is 5. The van der Waals surface area contributed by atoms with Crippen molar-refractivity contribution in [3.8, 4) is 22.9 Å². The molecule has 2 aromatic heterocycles.